The first kappa shape index (κ1) is 13.4. The van der Waals surface area contributed by atoms with E-state index in [9.17, 15) is 0 Å². The highest BCUT2D eigenvalue weighted by atomic mass is 15.4. The maximum absolute atomic E-state index is 2.49. The molecule has 1 aliphatic heterocycles. The SMILES string of the molecule is CCCCCCCC1N(C)C=CN1CCC. The molecule has 1 atom stereocenters. The molecule has 16 heavy (non-hydrogen) atoms. The summed E-state index contributed by atoms with van der Waals surface area (Å²) in [5.74, 6) is 0. The minimum Gasteiger partial charge on any atom is -0.359 e. The Morgan fingerprint density at radius 2 is 1.69 bits per heavy atom. The van der Waals surface area contributed by atoms with Crippen molar-refractivity contribution in [1.29, 1.82) is 0 Å². The summed E-state index contributed by atoms with van der Waals surface area (Å²) >= 11 is 0. The average molecular weight is 224 g/mol. The number of unbranched alkanes of at least 4 members (excludes halogenated alkanes) is 4. The van der Waals surface area contributed by atoms with E-state index in [0.717, 1.165) is 0 Å². The molecule has 0 aromatic heterocycles. The maximum atomic E-state index is 2.49. The number of hydrogen-bond donors (Lipinski definition) is 0. The van der Waals surface area contributed by atoms with Crippen molar-refractivity contribution < 1.29 is 0 Å². The summed E-state index contributed by atoms with van der Waals surface area (Å²) in [6.45, 7) is 5.72. The van der Waals surface area contributed by atoms with Crippen molar-refractivity contribution >= 4 is 0 Å². The molecule has 0 spiro atoms. The summed E-state index contributed by atoms with van der Waals surface area (Å²) in [7, 11) is 2.20. The molecule has 1 heterocycles. The van der Waals surface area contributed by atoms with E-state index < -0.39 is 0 Å². The molecule has 0 saturated carbocycles. The summed E-state index contributed by atoms with van der Waals surface area (Å²) in [5.41, 5.74) is 0. The van der Waals surface area contributed by atoms with E-state index in [-0.39, 0.29) is 0 Å². The van der Waals surface area contributed by atoms with Gasteiger partial charge < -0.3 is 9.80 Å². The molecule has 0 saturated heterocycles. The molecule has 0 N–H and O–H groups in total. The molecule has 1 rings (SSSR count). The zero-order valence-corrected chi connectivity index (χ0v) is 11.3. The fourth-order valence-electron chi connectivity index (χ4n) is 2.41. The lowest BCUT2D eigenvalue weighted by Crippen LogP contribution is -2.36. The molecule has 0 bridgehead atoms. The van der Waals surface area contributed by atoms with Crippen molar-refractivity contribution in [2.75, 3.05) is 13.6 Å². The lowest BCUT2D eigenvalue weighted by molar-refractivity contribution is 0.161. The Balaban J connectivity index is 2.18. The monoisotopic (exact) mass is 224 g/mol. The van der Waals surface area contributed by atoms with E-state index in [1.54, 1.807) is 0 Å². The van der Waals surface area contributed by atoms with Crippen molar-refractivity contribution in [3.8, 4) is 0 Å². The van der Waals surface area contributed by atoms with Crippen LogP contribution in [0.1, 0.15) is 58.8 Å². The van der Waals surface area contributed by atoms with E-state index in [4.69, 9.17) is 0 Å². The van der Waals surface area contributed by atoms with Gasteiger partial charge in [-0.15, -0.1) is 0 Å². The van der Waals surface area contributed by atoms with Crippen LogP contribution < -0.4 is 0 Å². The zero-order valence-electron chi connectivity index (χ0n) is 11.3. The highest BCUT2D eigenvalue weighted by Crippen LogP contribution is 2.20. The molecule has 2 nitrogen and oxygen atoms in total. The van der Waals surface area contributed by atoms with Gasteiger partial charge in [-0.2, -0.15) is 0 Å². The normalized spacial score (nSPS) is 19.8. The lowest BCUT2D eigenvalue weighted by atomic mass is 10.1. The second-order valence-electron chi connectivity index (χ2n) is 4.88. The molecule has 0 fully saturated rings. The first-order chi connectivity index (χ1) is 7.79. The largest absolute Gasteiger partial charge is 0.359 e. The second kappa shape index (κ2) is 7.59. The first-order valence-electron chi connectivity index (χ1n) is 6.95. The quantitative estimate of drug-likeness (QED) is 0.579. The first-order valence-corrected chi connectivity index (χ1v) is 6.95. The van der Waals surface area contributed by atoms with Gasteiger partial charge in [-0.05, 0) is 19.3 Å². The van der Waals surface area contributed by atoms with Gasteiger partial charge in [0.25, 0.3) is 0 Å². The summed E-state index contributed by atoms with van der Waals surface area (Å²) in [6.07, 6.45) is 14.6. The van der Waals surface area contributed by atoms with Gasteiger partial charge in [0, 0.05) is 26.0 Å². The van der Waals surface area contributed by atoms with Gasteiger partial charge in [-0.25, -0.2) is 0 Å². The summed E-state index contributed by atoms with van der Waals surface area (Å²) in [4.78, 5) is 4.84. The van der Waals surface area contributed by atoms with Crippen LogP contribution in [-0.2, 0) is 0 Å². The van der Waals surface area contributed by atoms with Gasteiger partial charge in [0.2, 0.25) is 0 Å². The molecule has 1 aliphatic rings. The highest BCUT2D eigenvalue weighted by Gasteiger charge is 2.21. The Hall–Kier alpha value is -0.660. The highest BCUT2D eigenvalue weighted by molar-refractivity contribution is 4.95. The van der Waals surface area contributed by atoms with Crippen LogP contribution in [0.25, 0.3) is 0 Å². The van der Waals surface area contributed by atoms with Crippen LogP contribution in [-0.4, -0.2) is 29.6 Å². The van der Waals surface area contributed by atoms with Gasteiger partial charge in [0.15, 0.2) is 0 Å². The Kier molecular flexibility index (Phi) is 6.36. The topological polar surface area (TPSA) is 6.48 Å². The van der Waals surface area contributed by atoms with E-state index in [2.05, 4.69) is 43.1 Å². The lowest BCUT2D eigenvalue weighted by Gasteiger charge is -2.30. The molecule has 0 amide bonds. The van der Waals surface area contributed by atoms with Crippen LogP contribution in [0.3, 0.4) is 0 Å². The zero-order chi connectivity index (χ0) is 11.8. The van der Waals surface area contributed by atoms with E-state index in [0.29, 0.717) is 6.17 Å². The minimum absolute atomic E-state index is 0.626. The predicted octanol–water partition coefficient (Wildman–Crippen LogP) is 3.80. The third-order valence-electron chi connectivity index (χ3n) is 3.39. The Morgan fingerprint density at radius 3 is 2.38 bits per heavy atom. The van der Waals surface area contributed by atoms with Crippen LogP contribution in [0.2, 0.25) is 0 Å². The molecule has 0 aromatic carbocycles. The van der Waals surface area contributed by atoms with Crippen LogP contribution in [0.15, 0.2) is 12.4 Å². The summed E-state index contributed by atoms with van der Waals surface area (Å²) < 4.78 is 0. The molecular formula is C14H28N2. The molecule has 1 unspecified atom stereocenters. The van der Waals surface area contributed by atoms with Crippen LogP contribution >= 0.6 is 0 Å². The van der Waals surface area contributed by atoms with E-state index in [1.807, 2.05) is 0 Å². The fourth-order valence-corrected chi connectivity index (χ4v) is 2.41. The molecule has 0 radical (unpaired) electrons. The number of rotatable bonds is 8. The van der Waals surface area contributed by atoms with E-state index in [1.165, 1.54) is 51.5 Å². The van der Waals surface area contributed by atoms with Gasteiger partial charge in [0.1, 0.15) is 6.17 Å². The van der Waals surface area contributed by atoms with E-state index >= 15 is 0 Å². The molecular weight excluding hydrogens is 196 g/mol. The van der Waals surface area contributed by atoms with Crippen LogP contribution in [0, 0.1) is 0 Å². The molecule has 2 heteroatoms. The minimum atomic E-state index is 0.626. The third kappa shape index (κ3) is 4.07. The van der Waals surface area contributed by atoms with Gasteiger partial charge in [-0.1, -0.05) is 39.5 Å². The van der Waals surface area contributed by atoms with Gasteiger partial charge in [-0.3, -0.25) is 0 Å². The van der Waals surface area contributed by atoms with Crippen molar-refractivity contribution in [3.05, 3.63) is 12.4 Å². The molecule has 0 aliphatic carbocycles. The third-order valence-corrected chi connectivity index (χ3v) is 3.39. The standard InChI is InChI=1S/C14H28N2/c1-4-6-7-8-9-10-14-15(3)12-13-16(14)11-5-2/h12-14H,4-11H2,1-3H3. The predicted molar refractivity (Wildman–Crippen MR) is 71.1 cm³/mol. The fraction of sp³-hybridized carbons (Fsp3) is 0.857. The average Bonchev–Trinajstić information content (AvgIpc) is 2.61. The van der Waals surface area contributed by atoms with Crippen molar-refractivity contribution in [1.82, 2.24) is 9.80 Å². The Morgan fingerprint density at radius 1 is 0.938 bits per heavy atom. The smallest absolute Gasteiger partial charge is 0.100 e. The van der Waals surface area contributed by atoms with Crippen LogP contribution in [0.5, 0.6) is 0 Å². The maximum Gasteiger partial charge on any atom is 0.100 e. The van der Waals surface area contributed by atoms with Gasteiger partial charge >= 0.3 is 0 Å². The Bertz CT molecular complexity index is 201. The van der Waals surface area contributed by atoms with Crippen molar-refractivity contribution in [2.45, 2.75) is 65.0 Å². The summed E-state index contributed by atoms with van der Waals surface area (Å²) in [6, 6.07) is 0. The Labute approximate surface area is 101 Å². The van der Waals surface area contributed by atoms with Crippen molar-refractivity contribution in [3.63, 3.8) is 0 Å². The van der Waals surface area contributed by atoms with Gasteiger partial charge in [0.05, 0.1) is 0 Å². The number of nitrogens with zero attached hydrogens (tertiary/aromatic N) is 2. The molecule has 94 valence electrons. The number of hydrogen-bond acceptors (Lipinski definition) is 2. The van der Waals surface area contributed by atoms with Crippen molar-refractivity contribution in [2.24, 2.45) is 0 Å². The second-order valence-corrected chi connectivity index (χ2v) is 4.88. The van der Waals surface area contributed by atoms with Crippen LogP contribution in [0.4, 0.5) is 0 Å². The summed E-state index contributed by atoms with van der Waals surface area (Å²) in [5, 5.41) is 0. The molecule has 0 aromatic rings.